The Balaban J connectivity index is 1.87. The molecule has 3 aromatic rings. The Kier molecular flexibility index (Phi) is 4.32. The number of pyridine rings is 1. The normalized spacial score (nSPS) is 10.6. The fourth-order valence-electron chi connectivity index (χ4n) is 2.05. The first-order valence-electron chi connectivity index (χ1n) is 6.71. The van der Waals surface area contributed by atoms with Crippen LogP contribution in [-0.4, -0.2) is 28.9 Å². The number of para-hydroxylation sites is 1. The van der Waals surface area contributed by atoms with Crippen LogP contribution in [0.5, 0.6) is 5.75 Å². The fraction of sp³-hybridized carbons (Fsp3) is 0.0667. The molecule has 0 radical (unpaired) electrons. The van der Waals surface area contributed by atoms with E-state index in [0.29, 0.717) is 16.4 Å². The molecule has 0 spiro atoms. The van der Waals surface area contributed by atoms with Gasteiger partial charge in [0.1, 0.15) is 22.1 Å². The molecule has 9 heteroatoms. The van der Waals surface area contributed by atoms with Crippen LogP contribution >= 0.6 is 22.9 Å². The number of fused-ring (bicyclic) bond motifs is 1. The molecular weight excluding hydrogens is 352 g/mol. The number of amides is 2. The van der Waals surface area contributed by atoms with Gasteiger partial charge in [-0.25, -0.2) is 9.97 Å². The minimum atomic E-state index is -0.710. The maximum Gasteiger partial charge on any atom is 0.276 e. The number of nitrogens with zero attached hydrogens (tertiary/aromatic N) is 2. The molecule has 0 saturated carbocycles. The summed E-state index contributed by atoms with van der Waals surface area (Å²) in [6, 6.07) is 8.23. The van der Waals surface area contributed by atoms with Gasteiger partial charge in [-0.2, -0.15) is 0 Å². The Morgan fingerprint density at radius 1 is 1.25 bits per heavy atom. The maximum atomic E-state index is 12.3. The second-order valence-electron chi connectivity index (χ2n) is 4.68. The third-order valence-electron chi connectivity index (χ3n) is 3.17. The molecule has 3 rings (SSSR count). The molecule has 0 aliphatic heterocycles. The predicted molar refractivity (Wildman–Crippen MR) is 91.9 cm³/mol. The van der Waals surface area contributed by atoms with Crippen molar-refractivity contribution in [3.63, 3.8) is 0 Å². The Labute approximate surface area is 145 Å². The first kappa shape index (κ1) is 16.2. The van der Waals surface area contributed by atoms with Crippen molar-refractivity contribution in [2.75, 3.05) is 12.4 Å². The lowest BCUT2D eigenvalue weighted by atomic mass is 10.2. The van der Waals surface area contributed by atoms with Gasteiger partial charge in [-0.15, -0.1) is 0 Å². The number of halogens is 1. The van der Waals surface area contributed by atoms with Gasteiger partial charge in [-0.1, -0.05) is 29.0 Å². The quantitative estimate of drug-likeness (QED) is 0.694. The number of carbonyl (C=O) groups is 2. The van der Waals surface area contributed by atoms with Gasteiger partial charge in [0.25, 0.3) is 11.8 Å². The number of methoxy groups -OCH3 is 1. The van der Waals surface area contributed by atoms with E-state index in [1.807, 2.05) is 12.1 Å². The van der Waals surface area contributed by atoms with Crippen LogP contribution in [0.4, 0.5) is 5.13 Å². The van der Waals surface area contributed by atoms with Crippen molar-refractivity contribution in [3.05, 3.63) is 46.7 Å². The van der Waals surface area contributed by atoms with E-state index in [0.717, 1.165) is 4.70 Å². The number of nitrogens with two attached hydrogens (primary N) is 1. The third-order valence-corrected chi connectivity index (χ3v) is 4.39. The van der Waals surface area contributed by atoms with Crippen LogP contribution in [-0.2, 0) is 0 Å². The van der Waals surface area contributed by atoms with Crippen molar-refractivity contribution < 1.29 is 14.3 Å². The number of anilines is 1. The van der Waals surface area contributed by atoms with Crippen LogP contribution < -0.4 is 15.8 Å². The Morgan fingerprint density at radius 3 is 2.71 bits per heavy atom. The molecule has 0 saturated heterocycles. The summed E-state index contributed by atoms with van der Waals surface area (Å²) in [6.07, 6.45) is 0. The molecule has 3 N–H and O–H groups in total. The van der Waals surface area contributed by atoms with Gasteiger partial charge >= 0.3 is 0 Å². The van der Waals surface area contributed by atoms with E-state index in [1.165, 1.54) is 23.5 Å². The van der Waals surface area contributed by atoms with E-state index in [4.69, 9.17) is 22.1 Å². The SMILES string of the molecule is COc1cccc2sc(NC(=O)c3ccc(C(N)=O)c(Cl)n3)nc12. The zero-order valence-electron chi connectivity index (χ0n) is 12.4. The van der Waals surface area contributed by atoms with Gasteiger partial charge in [0.2, 0.25) is 0 Å². The van der Waals surface area contributed by atoms with Crippen LogP contribution in [0.3, 0.4) is 0 Å². The summed E-state index contributed by atoms with van der Waals surface area (Å²) in [5.74, 6) is -0.583. The first-order chi connectivity index (χ1) is 11.5. The summed E-state index contributed by atoms with van der Waals surface area (Å²) in [5, 5.41) is 2.93. The minimum Gasteiger partial charge on any atom is -0.494 e. The standard InChI is InChI=1S/C15H11ClN4O3S/c1-23-9-3-2-4-10-11(9)19-15(24-10)20-14(22)8-6-5-7(13(17)21)12(16)18-8/h2-6H,1H3,(H2,17,21)(H,19,20,22). The van der Waals surface area contributed by atoms with Crippen molar-refractivity contribution in [3.8, 4) is 5.75 Å². The number of ether oxygens (including phenoxy) is 1. The molecule has 0 fully saturated rings. The van der Waals surface area contributed by atoms with Gasteiger partial charge in [0.15, 0.2) is 5.13 Å². The average molecular weight is 363 g/mol. The summed E-state index contributed by atoms with van der Waals surface area (Å²) in [4.78, 5) is 31.6. The van der Waals surface area contributed by atoms with E-state index in [1.54, 1.807) is 13.2 Å². The number of nitrogens with one attached hydrogen (secondary N) is 1. The lowest BCUT2D eigenvalue weighted by molar-refractivity contribution is 0.0993. The second kappa shape index (κ2) is 6.42. The number of carbonyl (C=O) groups excluding carboxylic acids is 2. The highest BCUT2D eigenvalue weighted by atomic mass is 35.5. The number of hydrogen-bond acceptors (Lipinski definition) is 6. The van der Waals surface area contributed by atoms with Crippen LogP contribution in [0.15, 0.2) is 30.3 Å². The topological polar surface area (TPSA) is 107 Å². The van der Waals surface area contributed by atoms with E-state index >= 15 is 0 Å². The van der Waals surface area contributed by atoms with Crippen LogP contribution in [0.2, 0.25) is 5.15 Å². The average Bonchev–Trinajstić information content (AvgIpc) is 2.96. The maximum absolute atomic E-state index is 12.3. The van der Waals surface area contributed by atoms with E-state index in [2.05, 4.69) is 15.3 Å². The van der Waals surface area contributed by atoms with Gasteiger partial charge in [-0.05, 0) is 24.3 Å². The molecule has 0 unspecified atom stereocenters. The predicted octanol–water partition coefficient (Wildman–Crippen LogP) is 2.70. The van der Waals surface area contributed by atoms with Crippen LogP contribution in [0.25, 0.3) is 10.2 Å². The number of benzene rings is 1. The number of rotatable bonds is 4. The molecule has 1 aromatic carbocycles. The minimum absolute atomic E-state index is 0.0521. The number of aromatic nitrogens is 2. The number of hydrogen-bond donors (Lipinski definition) is 2. The Morgan fingerprint density at radius 2 is 2.04 bits per heavy atom. The largest absolute Gasteiger partial charge is 0.494 e. The molecule has 0 aliphatic carbocycles. The molecule has 7 nitrogen and oxygen atoms in total. The zero-order chi connectivity index (χ0) is 17.3. The first-order valence-corrected chi connectivity index (χ1v) is 7.90. The van der Waals surface area contributed by atoms with Crippen molar-refractivity contribution in [1.82, 2.24) is 9.97 Å². The highest BCUT2D eigenvalue weighted by Gasteiger charge is 2.16. The van der Waals surface area contributed by atoms with Crippen molar-refractivity contribution >= 4 is 50.1 Å². The molecule has 0 aliphatic rings. The van der Waals surface area contributed by atoms with Crippen LogP contribution in [0.1, 0.15) is 20.8 Å². The molecular formula is C15H11ClN4O3S. The molecule has 2 aromatic heterocycles. The summed E-state index contributed by atoms with van der Waals surface area (Å²) in [6.45, 7) is 0. The number of primary amides is 1. The Bertz CT molecular complexity index is 957. The molecule has 2 amide bonds. The van der Waals surface area contributed by atoms with Crippen molar-refractivity contribution in [1.29, 1.82) is 0 Å². The Hall–Kier alpha value is -2.71. The van der Waals surface area contributed by atoms with Crippen molar-refractivity contribution in [2.45, 2.75) is 0 Å². The van der Waals surface area contributed by atoms with Gasteiger partial charge in [-0.3, -0.25) is 14.9 Å². The molecule has 0 bridgehead atoms. The van der Waals surface area contributed by atoms with Gasteiger partial charge < -0.3 is 10.5 Å². The smallest absolute Gasteiger partial charge is 0.276 e. The third kappa shape index (κ3) is 3.01. The van der Waals surface area contributed by atoms with Gasteiger partial charge in [0, 0.05) is 0 Å². The number of thiazole rings is 1. The lowest BCUT2D eigenvalue weighted by Crippen LogP contribution is -2.16. The zero-order valence-corrected chi connectivity index (χ0v) is 13.9. The fourth-order valence-corrected chi connectivity index (χ4v) is 3.17. The summed E-state index contributed by atoms with van der Waals surface area (Å²) >= 11 is 7.16. The monoisotopic (exact) mass is 362 g/mol. The summed E-state index contributed by atoms with van der Waals surface area (Å²) in [7, 11) is 1.55. The second-order valence-corrected chi connectivity index (χ2v) is 6.07. The van der Waals surface area contributed by atoms with E-state index in [-0.39, 0.29) is 16.4 Å². The summed E-state index contributed by atoms with van der Waals surface area (Å²) in [5.41, 5.74) is 5.92. The molecule has 2 heterocycles. The van der Waals surface area contributed by atoms with E-state index in [9.17, 15) is 9.59 Å². The van der Waals surface area contributed by atoms with Crippen LogP contribution in [0, 0.1) is 0 Å². The highest BCUT2D eigenvalue weighted by molar-refractivity contribution is 7.22. The lowest BCUT2D eigenvalue weighted by Gasteiger charge is -2.03. The highest BCUT2D eigenvalue weighted by Crippen LogP contribution is 2.32. The van der Waals surface area contributed by atoms with Gasteiger partial charge in [0.05, 0.1) is 17.4 Å². The molecule has 24 heavy (non-hydrogen) atoms. The van der Waals surface area contributed by atoms with Crippen molar-refractivity contribution in [2.24, 2.45) is 5.73 Å². The van der Waals surface area contributed by atoms with E-state index < -0.39 is 11.8 Å². The summed E-state index contributed by atoms with van der Waals surface area (Å²) < 4.78 is 6.11. The molecule has 122 valence electrons. The molecule has 0 atom stereocenters.